The van der Waals surface area contributed by atoms with Gasteiger partial charge in [0.05, 0.1) is 0 Å². The van der Waals surface area contributed by atoms with Crippen LogP contribution in [-0.4, -0.2) is 47.6 Å². The van der Waals surface area contributed by atoms with Crippen LogP contribution in [-0.2, 0) is 0 Å². The van der Waals surface area contributed by atoms with Gasteiger partial charge in [0.15, 0.2) is 0 Å². The second-order valence-electron chi connectivity index (χ2n) is 5.72. The van der Waals surface area contributed by atoms with Crippen molar-refractivity contribution < 1.29 is 0 Å². The standard InChI is InChI=1S/C14H30N2S/c1-6-14(5)11-15-13(12(3)4)10-16(14)8-9-17-7-2/h12-13,15H,6-11H2,1-5H3. The van der Waals surface area contributed by atoms with Crippen LogP contribution in [0.4, 0.5) is 0 Å². The Hall–Kier alpha value is 0.270. The molecule has 2 unspecified atom stereocenters. The van der Waals surface area contributed by atoms with Crippen LogP contribution in [0.5, 0.6) is 0 Å². The monoisotopic (exact) mass is 258 g/mol. The number of hydrogen-bond acceptors (Lipinski definition) is 3. The van der Waals surface area contributed by atoms with E-state index in [-0.39, 0.29) is 0 Å². The lowest BCUT2D eigenvalue weighted by atomic mass is 9.89. The maximum Gasteiger partial charge on any atom is 0.0304 e. The van der Waals surface area contributed by atoms with Crippen LogP contribution in [0.3, 0.4) is 0 Å². The largest absolute Gasteiger partial charge is 0.311 e. The average molecular weight is 258 g/mol. The summed E-state index contributed by atoms with van der Waals surface area (Å²) in [6, 6.07) is 0.668. The molecule has 1 saturated heterocycles. The zero-order valence-electron chi connectivity index (χ0n) is 12.3. The Balaban J connectivity index is 2.56. The van der Waals surface area contributed by atoms with Crippen molar-refractivity contribution in [2.24, 2.45) is 5.92 Å². The fourth-order valence-corrected chi connectivity index (χ4v) is 3.10. The van der Waals surface area contributed by atoms with E-state index in [4.69, 9.17) is 0 Å². The van der Waals surface area contributed by atoms with Crippen molar-refractivity contribution in [3.63, 3.8) is 0 Å². The third-order valence-electron chi connectivity index (χ3n) is 4.20. The van der Waals surface area contributed by atoms with Crippen LogP contribution in [0.15, 0.2) is 0 Å². The van der Waals surface area contributed by atoms with E-state index in [2.05, 4.69) is 56.6 Å². The lowest BCUT2D eigenvalue weighted by Gasteiger charge is -2.49. The maximum absolute atomic E-state index is 3.73. The van der Waals surface area contributed by atoms with E-state index in [1.165, 1.54) is 31.0 Å². The van der Waals surface area contributed by atoms with Crippen LogP contribution in [0.25, 0.3) is 0 Å². The predicted molar refractivity (Wildman–Crippen MR) is 79.9 cm³/mol. The lowest BCUT2D eigenvalue weighted by Crippen LogP contribution is -2.64. The highest BCUT2D eigenvalue weighted by atomic mass is 32.2. The van der Waals surface area contributed by atoms with Gasteiger partial charge in [-0.25, -0.2) is 0 Å². The summed E-state index contributed by atoms with van der Waals surface area (Å²) in [7, 11) is 0. The Morgan fingerprint density at radius 3 is 2.65 bits per heavy atom. The first-order chi connectivity index (χ1) is 8.03. The lowest BCUT2D eigenvalue weighted by molar-refractivity contribution is 0.0446. The molecule has 0 aromatic heterocycles. The first kappa shape index (κ1) is 15.3. The molecule has 0 saturated carbocycles. The Bertz CT molecular complexity index is 220. The van der Waals surface area contributed by atoms with Gasteiger partial charge in [-0.1, -0.05) is 27.7 Å². The van der Waals surface area contributed by atoms with Gasteiger partial charge in [-0.05, 0) is 25.0 Å². The normalized spacial score (nSPS) is 31.1. The van der Waals surface area contributed by atoms with E-state index in [0.717, 1.165) is 12.5 Å². The maximum atomic E-state index is 3.73. The Morgan fingerprint density at radius 1 is 1.41 bits per heavy atom. The zero-order chi connectivity index (χ0) is 12.9. The van der Waals surface area contributed by atoms with Gasteiger partial charge >= 0.3 is 0 Å². The first-order valence-corrected chi connectivity index (χ1v) is 8.25. The van der Waals surface area contributed by atoms with Crippen molar-refractivity contribution in [1.82, 2.24) is 10.2 Å². The van der Waals surface area contributed by atoms with Crippen molar-refractivity contribution in [3.8, 4) is 0 Å². The van der Waals surface area contributed by atoms with Crippen molar-refractivity contribution in [3.05, 3.63) is 0 Å². The zero-order valence-corrected chi connectivity index (χ0v) is 13.1. The summed E-state index contributed by atoms with van der Waals surface area (Å²) >= 11 is 2.06. The second-order valence-corrected chi connectivity index (χ2v) is 7.12. The van der Waals surface area contributed by atoms with Crippen molar-refractivity contribution in [2.75, 3.05) is 31.1 Å². The van der Waals surface area contributed by atoms with Gasteiger partial charge in [-0.3, -0.25) is 4.90 Å². The topological polar surface area (TPSA) is 15.3 Å². The summed E-state index contributed by atoms with van der Waals surface area (Å²) in [5, 5.41) is 3.73. The highest BCUT2D eigenvalue weighted by molar-refractivity contribution is 7.99. The number of thioether (sulfide) groups is 1. The molecule has 2 atom stereocenters. The number of nitrogens with zero attached hydrogens (tertiary/aromatic N) is 1. The van der Waals surface area contributed by atoms with Gasteiger partial charge in [0.25, 0.3) is 0 Å². The third-order valence-corrected chi connectivity index (χ3v) is 5.08. The Morgan fingerprint density at radius 2 is 2.12 bits per heavy atom. The van der Waals surface area contributed by atoms with Gasteiger partial charge in [-0.15, -0.1) is 0 Å². The number of rotatable bonds is 6. The fraction of sp³-hybridized carbons (Fsp3) is 1.00. The molecule has 102 valence electrons. The molecular formula is C14H30N2S. The van der Waals surface area contributed by atoms with E-state index in [9.17, 15) is 0 Å². The molecule has 3 heteroatoms. The van der Waals surface area contributed by atoms with Crippen molar-refractivity contribution in [1.29, 1.82) is 0 Å². The molecule has 1 aliphatic heterocycles. The summed E-state index contributed by atoms with van der Waals surface area (Å²) in [5.74, 6) is 3.25. The fourth-order valence-electron chi connectivity index (χ4n) is 2.46. The molecule has 0 amide bonds. The van der Waals surface area contributed by atoms with Crippen molar-refractivity contribution in [2.45, 2.75) is 52.6 Å². The number of hydrogen-bond donors (Lipinski definition) is 1. The first-order valence-electron chi connectivity index (χ1n) is 7.09. The summed E-state index contributed by atoms with van der Waals surface area (Å²) in [5.41, 5.74) is 0.361. The Kier molecular flexibility index (Phi) is 6.32. The van der Waals surface area contributed by atoms with E-state index in [0.29, 0.717) is 11.6 Å². The molecule has 0 spiro atoms. The molecule has 0 aromatic rings. The van der Waals surface area contributed by atoms with Gasteiger partial charge in [0, 0.05) is 37.0 Å². The highest BCUT2D eigenvalue weighted by Crippen LogP contribution is 2.25. The molecule has 0 bridgehead atoms. The second kappa shape index (κ2) is 7.01. The molecule has 0 aromatic carbocycles. The molecular weight excluding hydrogens is 228 g/mol. The molecule has 1 aliphatic rings. The quantitative estimate of drug-likeness (QED) is 0.738. The SMILES string of the molecule is CCSCCN1CC(C(C)C)NCC1(C)CC. The van der Waals surface area contributed by atoms with Crippen LogP contribution in [0.2, 0.25) is 0 Å². The molecule has 0 aliphatic carbocycles. The van der Waals surface area contributed by atoms with Gasteiger partial charge in [0.1, 0.15) is 0 Å². The van der Waals surface area contributed by atoms with Crippen LogP contribution in [0, 0.1) is 5.92 Å². The van der Waals surface area contributed by atoms with Crippen LogP contribution < -0.4 is 5.32 Å². The molecule has 2 nitrogen and oxygen atoms in total. The summed E-state index contributed by atoms with van der Waals surface area (Å²) in [4.78, 5) is 2.72. The highest BCUT2D eigenvalue weighted by Gasteiger charge is 2.36. The number of piperazine rings is 1. The molecule has 1 fully saturated rings. The third kappa shape index (κ3) is 4.15. The summed E-state index contributed by atoms with van der Waals surface area (Å²) in [6.45, 7) is 15.2. The molecule has 17 heavy (non-hydrogen) atoms. The molecule has 0 radical (unpaired) electrons. The minimum absolute atomic E-state index is 0.361. The van der Waals surface area contributed by atoms with E-state index >= 15 is 0 Å². The van der Waals surface area contributed by atoms with E-state index in [1.54, 1.807) is 0 Å². The smallest absolute Gasteiger partial charge is 0.0304 e. The van der Waals surface area contributed by atoms with E-state index < -0.39 is 0 Å². The number of nitrogens with one attached hydrogen (secondary N) is 1. The van der Waals surface area contributed by atoms with Gasteiger partial charge in [0.2, 0.25) is 0 Å². The average Bonchev–Trinajstić information content (AvgIpc) is 2.31. The predicted octanol–water partition coefficient (Wildman–Crippen LogP) is 2.84. The summed E-state index contributed by atoms with van der Waals surface area (Å²) in [6.07, 6.45) is 1.24. The van der Waals surface area contributed by atoms with Gasteiger partial charge < -0.3 is 5.32 Å². The molecule has 1 heterocycles. The van der Waals surface area contributed by atoms with Crippen LogP contribution >= 0.6 is 11.8 Å². The minimum atomic E-state index is 0.361. The van der Waals surface area contributed by atoms with Crippen molar-refractivity contribution >= 4 is 11.8 Å². The van der Waals surface area contributed by atoms with E-state index in [1.807, 2.05) is 0 Å². The minimum Gasteiger partial charge on any atom is -0.311 e. The van der Waals surface area contributed by atoms with Crippen LogP contribution in [0.1, 0.15) is 41.0 Å². The summed E-state index contributed by atoms with van der Waals surface area (Å²) < 4.78 is 0. The Labute approximate surface area is 112 Å². The molecule has 1 N–H and O–H groups in total. The molecule has 1 rings (SSSR count). The van der Waals surface area contributed by atoms with Gasteiger partial charge in [-0.2, -0.15) is 11.8 Å².